The number of rotatable bonds is 2. The van der Waals surface area contributed by atoms with Gasteiger partial charge in [-0.1, -0.05) is 39.5 Å². The smallest absolute Gasteiger partial charge is 0.00516 e. The first kappa shape index (κ1) is 8.96. The van der Waals surface area contributed by atoms with Gasteiger partial charge in [-0.05, 0) is 12.5 Å². The van der Waals surface area contributed by atoms with Gasteiger partial charge in [0.1, 0.15) is 0 Å². The Kier molecular flexibility index (Phi) is 6.06. The van der Waals surface area contributed by atoms with Crippen molar-refractivity contribution in [3.63, 3.8) is 0 Å². The van der Waals surface area contributed by atoms with Gasteiger partial charge in [0.25, 0.3) is 0 Å². The van der Waals surface area contributed by atoms with E-state index >= 15 is 0 Å². The topological polar surface area (TPSA) is 26.0 Å². The minimum absolute atomic E-state index is 0.713. The maximum atomic E-state index is 5.28. The van der Waals surface area contributed by atoms with Crippen molar-refractivity contribution in [1.29, 1.82) is 0 Å². The number of nitrogens with two attached hydrogens (primary N) is 1. The van der Waals surface area contributed by atoms with Crippen LogP contribution in [0.5, 0.6) is 0 Å². The summed E-state index contributed by atoms with van der Waals surface area (Å²) in [4.78, 5) is 0. The van der Waals surface area contributed by atoms with E-state index in [0.29, 0.717) is 5.92 Å². The predicted octanol–water partition coefficient (Wildman–Crippen LogP) is 2.16. The highest BCUT2D eigenvalue weighted by Crippen LogP contribution is 2.14. The molecule has 1 nitrogen and oxygen atoms in total. The average Bonchev–Trinajstić information content (AvgIpc) is 2.70. The first-order valence-electron chi connectivity index (χ1n) is 4.01. The van der Waals surface area contributed by atoms with Crippen LogP contribution in [-0.2, 0) is 0 Å². The van der Waals surface area contributed by atoms with Crippen LogP contribution in [0, 0.1) is 5.92 Å². The Balaban J connectivity index is 0.000000173. The Morgan fingerprint density at radius 2 is 1.78 bits per heavy atom. The van der Waals surface area contributed by atoms with Gasteiger partial charge in [-0.2, -0.15) is 0 Å². The molecule has 0 unspecified atom stereocenters. The minimum Gasteiger partial charge on any atom is -0.330 e. The summed E-state index contributed by atoms with van der Waals surface area (Å²) in [5.41, 5.74) is 5.28. The van der Waals surface area contributed by atoms with E-state index in [2.05, 4.69) is 13.8 Å². The zero-order valence-corrected chi connectivity index (χ0v) is 6.69. The molecule has 0 bridgehead atoms. The Morgan fingerprint density at radius 3 is 1.78 bits per heavy atom. The molecular formula is C8H19N. The SMILES string of the molecule is C1CC1.CC[C@@H](C)CN. The van der Waals surface area contributed by atoms with Gasteiger partial charge >= 0.3 is 0 Å². The first-order valence-corrected chi connectivity index (χ1v) is 4.01. The average molecular weight is 129 g/mol. The molecule has 0 heterocycles. The van der Waals surface area contributed by atoms with E-state index in [1.165, 1.54) is 25.7 Å². The van der Waals surface area contributed by atoms with Crippen LogP contribution in [-0.4, -0.2) is 6.54 Å². The Labute approximate surface area is 58.6 Å². The maximum Gasteiger partial charge on any atom is -0.00516 e. The van der Waals surface area contributed by atoms with Crippen molar-refractivity contribution in [3.8, 4) is 0 Å². The largest absolute Gasteiger partial charge is 0.330 e. The summed E-state index contributed by atoms with van der Waals surface area (Å²) in [6, 6.07) is 0. The molecule has 0 aromatic rings. The van der Waals surface area contributed by atoms with Crippen LogP contribution in [0.2, 0.25) is 0 Å². The van der Waals surface area contributed by atoms with Gasteiger partial charge in [0.15, 0.2) is 0 Å². The molecule has 1 aliphatic rings. The normalized spacial score (nSPS) is 17.7. The van der Waals surface area contributed by atoms with E-state index in [0.717, 1.165) is 6.54 Å². The van der Waals surface area contributed by atoms with Crippen molar-refractivity contribution in [2.75, 3.05) is 6.54 Å². The molecule has 0 saturated heterocycles. The van der Waals surface area contributed by atoms with Gasteiger partial charge in [-0.3, -0.25) is 0 Å². The summed E-state index contributed by atoms with van der Waals surface area (Å²) in [7, 11) is 0. The molecule has 0 radical (unpaired) electrons. The lowest BCUT2D eigenvalue weighted by atomic mass is 10.1. The summed E-state index contributed by atoms with van der Waals surface area (Å²) >= 11 is 0. The van der Waals surface area contributed by atoms with Crippen molar-refractivity contribution in [3.05, 3.63) is 0 Å². The summed E-state index contributed by atoms with van der Waals surface area (Å²) in [6.07, 6.45) is 5.70. The molecule has 1 heteroatoms. The van der Waals surface area contributed by atoms with E-state index in [9.17, 15) is 0 Å². The molecule has 1 fully saturated rings. The molecule has 9 heavy (non-hydrogen) atoms. The van der Waals surface area contributed by atoms with Gasteiger partial charge < -0.3 is 5.73 Å². The van der Waals surface area contributed by atoms with Crippen LogP contribution in [0.25, 0.3) is 0 Å². The fourth-order valence-electron chi connectivity index (χ4n) is 0.167. The zero-order valence-electron chi connectivity index (χ0n) is 6.69. The second kappa shape index (κ2) is 6.09. The molecule has 56 valence electrons. The van der Waals surface area contributed by atoms with Gasteiger partial charge in [0.05, 0.1) is 0 Å². The first-order chi connectivity index (χ1) is 4.31. The third-order valence-corrected chi connectivity index (χ3v) is 1.45. The lowest BCUT2D eigenvalue weighted by Crippen LogP contribution is -2.08. The van der Waals surface area contributed by atoms with Crippen molar-refractivity contribution in [1.82, 2.24) is 0 Å². The van der Waals surface area contributed by atoms with Gasteiger partial charge in [-0.25, -0.2) is 0 Å². The summed E-state index contributed by atoms with van der Waals surface area (Å²) in [6.45, 7) is 5.13. The highest BCUT2D eigenvalue weighted by Gasteiger charge is 1.95. The fraction of sp³-hybridized carbons (Fsp3) is 1.00. The lowest BCUT2D eigenvalue weighted by molar-refractivity contribution is 0.576. The van der Waals surface area contributed by atoms with E-state index in [1.54, 1.807) is 0 Å². The molecule has 0 aromatic carbocycles. The van der Waals surface area contributed by atoms with Crippen molar-refractivity contribution < 1.29 is 0 Å². The molecule has 1 aliphatic carbocycles. The quantitative estimate of drug-likeness (QED) is 0.607. The van der Waals surface area contributed by atoms with Crippen molar-refractivity contribution in [2.45, 2.75) is 39.5 Å². The van der Waals surface area contributed by atoms with Crippen LogP contribution < -0.4 is 5.73 Å². The second-order valence-corrected chi connectivity index (χ2v) is 2.81. The molecule has 0 aromatic heterocycles. The zero-order chi connectivity index (χ0) is 7.11. The lowest BCUT2D eigenvalue weighted by Gasteiger charge is -1.98. The third kappa shape index (κ3) is 11.5. The van der Waals surface area contributed by atoms with Gasteiger partial charge in [0.2, 0.25) is 0 Å². The highest BCUT2D eigenvalue weighted by atomic mass is 14.5. The minimum atomic E-state index is 0.713. The standard InChI is InChI=1S/C5H13N.C3H6/c1-3-5(2)4-6;1-2-3-1/h5H,3-4,6H2,1-2H3;1-3H2/t5-;/m1./s1. The molecule has 1 saturated carbocycles. The maximum absolute atomic E-state index is 5.28. The predicted molar refractivity (Wildman–Crippen MR) is 42.4 cm³/mol. The van der Waals surface area contributed by atoms with Crippen LogP contribution in [0.1, 0.15) is 39.5 Å². The van der Waals surface area contributed by atoms with E-state index in [-0.39, 0.29) is 0 Å². The van der Waals surface area contributed by atoms with Gasteiger partial charge in [-0.15, -0.1) is 0 Å². The molecular weight excluding hydrogens is 110 g/mol. The molecule has 0 spiro atoms. The Hall–Kier alpha value is -0.0400. The second-order valence-electron chi connectivity index (χ2n) is 2.81. The monoisotopic (exact) mass is 129 g/mol. The number of hydrogen-bond acceptors (Lipinski definition) is 1. The van der Waals surface area contributed by atoms with Crippen LogP contribution in [0.4, 0.5) is 0 Å². The Morgan fingerprint density at radius 1 is 1.33 bits per heavy atom. The third-order valence-electron chi connectivity index (χ3n) is 1.45. The molecule has 1 atom stereocenters. The van der Waals surface area contributed by atoms with Crippen molar-refractivity contribution >= 4 is 0 Å². The summed E-state index contributed by atoms with van der Waals surface area (Å²) in [5, 5.41) is 0. The van der Waals surface area contributed by atoms with E-state index in [4.69, 9.17) is 5.73 Å². The van der Waals surface area contributed by atoms with E-state index in [1.807, 2.05) is 0 Å². The van der Waals surface area contributed by atoms with Gasteiger partial charge in [0, 0.05) is 0 Å². The summed E-state index contributed by atoms with van der Waals surface area (Å²) in [5.74, 6) is 0.713. The molecule has 2 N–H and O–H groups in total. The molecule has 0 amide bonds. The van der Waals surface area contributed by atoms with Crippen LogP contribution >= 0.6 is 0 Å². The van der Waals surface area contributed by atoms with E-state index < -0.39 is 0 Å². The molecule has 1 rings (SSSR count). The summed E-state index contributed by atoms with van der Waals surface area (Å²) < 4.78 is 0. The number of hydrogen-bond donors (Lipinski definition) is 1. The molecule has 0 aliphatic heterocycles. The van der Waals surface area contributed by atoms with Crippen LogP contribution in [0.3, 0.4) is 0 Å². The van der Waals surface area contributed by atoms with Crippen LogP contribution in [0.15, 0.2) is 0 Å². The highest BCUT2D eigenvalue weighted by molar-refractivity contribution is 4.50. The Bertz CT molecular complexity index is 43.8. The van der Waals surface area contributed by atoms with Crippen molar-refractivity contribution in [2.24, 2.45) is 11.7 Å². The fourth-order valence-corrected chi connectivity index (χ4v) is 0.167.